The van der Waals surface area contributed by atoms with E-state index in [2.05, 4.69) is 20.9 Å². The van der Waals surface area contributed by atoms with Crippen molar-refractivity contribution >= 4 is 38.1 Å². The van der Waals surface area contributed by atoms with Crippen molar-refractivity contribution in [3.63, 3.8) is 0 Å². The molecule has 4 nitrogen and oxygen atoms in total. The maximum absolute atomic E-state index is 12.0. The van der Waals surface area contributed by atoms with Crippen LogP contribution in [0.3, 0.4) is 0 Å². The molecular weight excluding hydrogens is 292 g/mol. The average Bonchev–Trinajstić information content (AvgIpc) is 2.24. The number of fused-ring (bicyclic) bond motifs is 1. The first-order chi connectivity index (χ1) is 7.54. The topological polar surface area (TPSA) is 54.9 Å². The maximum Gasteiger partial charge on any atom is 0.261 e. The van der Waals surface area contributed by atoms with Crippen LogP contribution in [0.5, 0.6) is 0 Å². The van der Waals surface area contributed by atoms with Gasteiger partial charge in [-0.25, -0.2) is 4.21 Å². The molecule has 0 saturated carbocycles. The normalized spacial score (nSPS) is 10.7. The highest BCUT2D eigenvalue weighted by atomic mass is 79.9. The molecule has 0 saturated heterocycles. The maximum atomic E-state index is 12.0. The zero-order chi connectivity index (χ0) is 11.9. The second kappa shape index (κ2) is 4.03. The summed E-state index contributed by atoms with van der Waals surface area (Å²) in [4.78, 5) is 14.9. The molecule has 2 rings (SSSR count). The molecule has 0 fully saturated rings. The minimum absolute atomic E-state index is 0.170. The fourth-order valence-corrected chi connectivity index (χ4v) is 2.59. The van der Waals surface area contributed by atoms with E-state index in [1.165, 1.54) is 4.57 Å². The van der Waals surface area contributed by atoms with E-state index in [9.17, 15) is 9.00 Å². The van der Waals surface area contributed by atoms with Crippen LogP contribution in [0.15, 0.2) is 21.4 Å². The van der Waals surface area contributed by atoms with Crippen LogP contribution in [-0.2, 0) is 18.3 Å². The summed E-state index contributed by atoms with van der Waals surface area (Å²) in [5, 5.41) is 0.576. The number of H-pyrrole nitrogens is 1. The molecule has 16 heavy (non-hydrogen) atoms. The number of rotatable bonds is 0. The van der Waals surface area contributed by atoms with Gasteiger partial charge in [0.05, 0.1) is 10.9 Å². The molecule has 0 atom stereocenters. The zero-order valence-corrected chi connectivity index (χ0v) is 11.1. The predicted molar refractivity (Wildman–Crippen MR) is 67.4 cm³/mol. The number of benzene rings is 1. The number of aryl methyl sites for hydroxylation is 1. The Kier molecular flexibility index (Phi) is 2.86. The standard InChI is InChI=1S/C10H9BrN2O2S/c1-5-3-6-8(7(11)4-5)12-10(16-15)13(2)9(6)14/h3-4,12H,1-2H3. The van der Waals surface area contributed by atoms with Gasteiger partial charge in [0.15, 0.2) is 0 Å². The lowest BCUT2D eigenvalue weighted by Gasteiger charge is -2.05. The van der Waals surface area contributed by atoms with Gasteiger partial charge >= 0.3 is 0 Å². The highest BCUT2D eigenvalue weighted by molar-refractivity contribution is 9.10. The third-order valence-corrected chi connectivity index (χ3v) is 3.54. The van der Waals surface area contributed by atoms with Crippen LogP contribution in [0.2, 0.25) is 0 Å². The van der Waals surface area contributed by atoms with E-state index in [1.807, 2.05) is 13.0 Å². The van der Waals surface area contributed by atoms with Gasteiger partial charge in [-0.15, -0.1) is 0 Å². The molecule has 0 radical (unpaired) electrons. The summed E-state index contributed by atoms with van der Waals surface area (Å²) in [7, 11) is 1.58. The van der Waals surface area contributed by atoms with E-state index < -0.39 is 0 Å². The van der Waals surface area contributed by atoms with Crippen LogP contribution in [0.1, 0.15) is 5.56 Å². The molecule has 0 spiro atoms. The molecule has 1 N–H and O–H groups in total. The Morgan fingerprint density at radius 1 is 1.44 bits per heavy atom. The summed E-state index contributed by atoms with van der Waals surface area (Å²) in [5.41, 5.74) is 1.48. The summed E-state index contributed by atoms with van der Waals surface area (Å²) in [5.74, 6) is 0. The molecule has 1 aromatic heterocycles. The van der Waals surface area contributed by atoms with Crippen molar-refractivity contribution in [2.24, 2.45) is 7.05 Å². The van der Waals surface area contributed by atoms with Crippen molar-refractivity contribution in [3.05, 3.63) is 37.3 Å². The van der Waals surface area contributed by atoms with Crippen molar-refractivity contribution in [1.29, 1.82) is 0 Å². The van der Waals surface area contributed by atoms with Crippen LogP contribution in [0.25, 0.3) is 10.9 Å². The number of nitrogens with zero attached hydrogens (tertiary/aromatic N) is 1. The first-order valence-corrected chi connectivity index (χ1v) is 6.10. The van der Waals surface area contributed by atoms with Gasteiger partial charge in [0, 0.05) is 11.5 Å². The van der Waals surface area contributed by atoms with Crippen molar-refractivity contribution in [1.82, 2.24) is 9.55 Å². The quantitative estimate of drug-likeness (QED) is 0.753. The summed E-state index contributed by atoms with van der Waals surface area (Å²) < 4.78 is 13.2. The van der Waals surface area contributed by atoms with Gasteiger partial charge in [-0.1, -0.05) is 0 Å². The van der Waals surface area contributed by atoms with E-state index in [0.717, 1.165) is 10.0 Å². The van der Waals surface area contributed by atoms with E-state index >= 15 is 0 Å². The molecular formula is C10H9BrN2O2S. The highest BCUT2D eigenvalue weighted by Crippen LogP contribution is 2.21. The largest absolute Gasteiger partial charge is 0.329 e. The smallest absolute Gasteiger partial charge is 0.261 e. The number of hydrogen-bond acceptors (Lipinski definition) is 2. The highest BCUT2D eigenvalue weighted by Gasteiger charge is 2.06. The summed E-state index contributed by atoms with van der Waals surface area (Å²) in [6.45, 7) is 1.92. The molecule has 2 aromatic rings. The number of aromatic nitrogens is 2. The Balaban J connectivity index is 3.18. The van der Waals surface area contributed by atoms with E-state index in [4.69, 9.17) is 0 Å². The Morgan fingerprint density at radius 2 is 2.12 bits per heavy atom. The predicted octanol–water partition coefficient (Wildman–Crippen LogP) is 1.68. The molecule has 0 aliphatic heterocycles. The number of aromatic amines is 1. The van der Waals surface area contributed by atoms with Crippen LogP contribution >= 0.6 is 15.9 Å². The Morgan fingerprint density at radius 3 is 2.75 bits per heavy atom. The first kappa shape index (κ1) is 11.3. The lowest BCUT2D eigenvalue weighted by atomic mass is 10.2. The molecule has 84 valence electrons. The number of hydrogen-bond donors (Lipinski definition) is 1. The molecule has 0 unspecified atom stereocenters. The summed E-state index contributed by atoms with van der Waals surface area (Å²) >= 11 is 3.65. The summed E-state index contributed by atoms with van der Waals surface area (Å²) in [6, 6.07) is 3.70. The minimum atomic E-state index is -0.170. The SMILES string of the molecule is Cc1cc(Br)c2[nH]c(=S=O)n(C)c(=O)c2c1. The van der Waals surface area contributed by atoms with Crippen LogP contribution in [0, 0.1) is 11.7 Å². The second-order valence-corrected chi connectivity index (χ2v) is 4.95. The van der Waals surface area contributed by atoms with Crippen molar-refractivity contribution < 1.29 is 4.21 Å². The van der Waals surface area contributed by atoms with E-state index in [0.29, 0.717) is 15.7 Å². The number of halogens is 1. The molecule has 1 aromatic carbocycles. The fourth-order valence-electron chi connectivity index (χ4n) is 1.58. The molecule has 0 aliphatic carbocycles. The van der Waals surface area contributed by atoms with Crippen molar-refractivity contribution in [3.8, 4) is 0 Å². The van der Waals surface area contributed by atoms with Gasteiger partial charge < -0.3 is 4.98 Å². The first-order valence-electron chi connectivity index (χ1n) is 4.56. The third-order valence-electron chi connectivity index (χ3n) is 2.39. The van der Waals surface area contributed by atoms with Gasteiger partial charge in [0.1, 0.15) is 11.3 Å². The van der Waals surface area contributed by atoms with Gasteiger partial charge in [-0.2, -0.15) is 0 Å². The summed E-state index contributed by atoms with van der Waals surface area (Å²) in [6.07, 6.45) is 0. The van der Waals surface area contributed by atoms with Crippen LogP contribution in [-0.4, -0.2) is 13.8 Å². The third kappa shape index (κ3) is 1.68. The van der Waals surface area contributed by atoms with E-state index in [1.54, 1.807) is 13.1 Å². The Labute approximate surface area is 103 Å². The Hall–Kier alpha value is -1.14. The second-order valence-electron chi connectivity index (χ2n) is 3.55. The van der Waals surface area contributed by atoms with Crippen molar-refractivity contribution in [2.45, 2.75) is 6.92 Å². The van der Waals surface area contributed by atoms with Crippen molar-refractivity contribution in [2.75, 3.05) is 0 Å². The molecule has 6 heteroatoms. The molecule has 0 bridgehead atoms. The minimum Gasteiger partial charge on any atom is -0.329 e. The van der Waals surface area contributed by atoms with Gasteiger partial charge in [0.2, 0.25) is 4.77 Å². The fraction of sp³-hybridized carbons (Fsp3) is 0.200. The van der Waals surface area contributed by atoms with Gasteiger partial charge in [-0.3, -0.25) is 9.36 Å². The molecule has 0 amide bonds. The van der Waals surface area contributed by atoms with E-state index in [-0.39, 0.29) is 16.8 Å². The lowest BCUT2D eigenvalue weighted by molar-refractivity contribution is 0.695. The average molecular weight is 301 g/mol. The lowest BCUT2D eigenvalue weighted by Crippen LogP contribution is -2.19. The van der Waals surface area contributed by atoms with Gasteiger partial charge in [-0.05, 0) is 40.5 Å². The molecule has 1 heterocycles. The van der Waals surface area contributed by atoms with Crippen LogP contribution in [0.4, 0.5) is 0 Å². The monoisotopic (exact) mass is 300 g/mol. The Bertz CT molecular complexity index is 726. The van der Waals surface area contributed by atoms with Crippen LogP contribution < -0.4 is 5.56 Å². The molecule has 0 aliphatic rings. The van der Waals surface area contributed by atoms with Gasteiger partial charge in [0.25, 0.3) is 5.56 Å². The number of nitrogens with one attached hydrogen (secondary N) is 1. The zero-order valence-electron chi connectivity index (χ0n) is 8.70.